The lowest BCUT2D eigenvalue weighted by molar-refractivity contribution is 0.0854. The van der Waals surface area contributed by atoms with Gasteiger partial charge < -0.3 is 4.52 Å². The van der Waals surface area contributed by atoms with E-state index >= 15 is 0 Å². The fourth-order valence-corrected chi connectivity index (χ4v) is 2.91. The average Bonchev–Trinajstić information content (AvgIpc) is 3.04. The summed E-state index contributed by atoms with van der Waals surface area (Å²) in [4.78, 5) is 14.4. The van der Waals surface area contributed by atoms with Crippen molar-refractivity contribution in [3.8, 4) is 11.4 Å². The highest BCUT2D eigenvalue weighted by Crippen LogP contribution is 2.23. The SMILES string of the molecule is Fc1cnccc1CN1CC(Cc2nc(-c3cccnc3)no2)C1. The molecule has 0 N–H and O–H groups in total. The minimum Gasteiger partial charge on any atom is -0.339 e. The zero-order valence-corrected chi connectivity index (χ0v) is 13.0. The normalized spacial score (nSPS) is 15.4. The van der Waals surface area contributed by atoms with Gasteiger partial charge in [-0.1, -0.05) is 5.16 Å². The molecule has 1 saturated heterocycles. The smallest absolute Gasteiger partial charge is 0.227 e. The maximum Gasteiger partial charge on any atom is 0.227 e. The second kappa shape index (κ2) is 6.45. The topological polar surface area (TPSA) is 67.9 Å². The Hall–Kier alpha value is -2.67. The molecule has 122 valence electrons. The minimum atomic E-state index is -0.251. The van der Waals surface area contributed by atoms with Crippen LogP contribution in [0.4, 0.5) is 4.39 Å². The van der Waals surface area contributed by atoms with Crippen LogP contribution >= 0.6 is 0 Å². The number of aromatic nitrogens is 4. The monoisotopic (exact) mass is 325 g/mol. The fourth-order valence-electron chi connectivity index (χ4n) is 2.91. The molecule has 0 aliphatic carbocycles. The Morgan fingerprint density at radius 2 is 2.04 bits per heavy atom. The zero-order chi connectivity index (χ0) is 16.4. The van der Waals surface area contributed by atoms with Crippen LogP contribution in [0.3, 0.4) is 0 Å². The van der Waals surface area contributed by atoms with Crippen LogP contribution in [0.5, 0.6) is 0 Å². The van der Waals surface area contributed by atoms with Crippen LogP contribution in [0.2, 0.25) is 0 Å². The van der Waals surface area contributed by atoms with Crippen molar-refractivity contribution in [2.45, 2.75) is 13.0 Å². The van der Waals surface area contributed by atoms with E-state index in [1.54, 1.807) is 24.7 Å². The van der Waals surface area contributed by atoms with Gasteiger partial charge in [0.25, 0.3) is 0 Å². The largest absolute Gasteiger partial charge is 0.339 e. The lowest BCUT2D eigenvalue weighted by atomic mass is 9.95. The van der Waals surface area contributed by atoms with E-state index in [-0.39, 0.29) is 5.82 Å². The van der Waals surface area contributed by atoms with Crippen LogP contribution in [-0.4, -0.2) is 38.1 Å². The molecule has 3 aromatic rings. The molecule has 4 rings (SSSR count). The van der Waals surface area contributed by atoms with Gasteiger partial charge in [-0.05, 0) is 24.1 Å². The van der Waals surface area contributed by atoms with Crippen LogP contribution < -0.4 is 0 Å². The number of hydrogen-bond acceptors (Lipinski definition) is 6. The van der Waals surface area contributed by atoms with E-state index in [0.717, 1.165) is 25.1 Å². The number of rotatable bonds is 5. The van der Waals surface area contributed by atoms with Crippen molar-refractivity contribution in [3.05, 3.63) is 60.3 Å². The Balaban J connectivity index is 1.31. The number of hydrogen-bond donors (Lipinski definition) is 0. The molecule has 0 atom stereocenters. The first-order valence-corrected chi connectivity index (χ1v) is 7.81. The van der Waals surface area contributed by atoms with Gasteiger partial charge in [-0.3, -0.25) is 14.9 Å². The second-order valence-corrected chi connectivity index (χ2v) is 5.98. The van der Waals surface area contributed by atoms with E-state index in [1.807, 2.05) is 12.1 Å². The minimum absolute atomic E-state index is 0.251. The standard InChI is InChI=1S/C17H16FN5O/c18-15-8-20-5-3-14(15)11-23-9-12(10-23)6-16-21-17(22-24-16)13-2-1-4-19-7-13/h1-5,7-8,12H,6,9-11H2. The van der Waals surface area contributed by atoms with Gasteiger partial charge >= 0.3 is 0 Å². The highest BCUT2D eigenvalue weighted by atomic mass is 19.1. The van der Waals surface area contributed by atoms with Gasteiger partial charge in [0.1, 0.15) is 5.82 Å². The first-order chi connectivity index (χ1) is 11.8. The Bertz CT molecular complexity index is 817. The number of nitrogens with zero attached hydrogens (tertiary/aromatic N) is 5. The van der Waals surface area contributed by atoms with Gasteiger partial charge in [0.15, 0.2) is 0 Å². The molecule has 1 aliphatic heterocycles. The van der Waals surface area contributed by atoms with E-state index in [9.17, 15) is 4.39 Å². The van der Waals surface area contributed by atoms with Crippen molar-refractivity contribution in [2.24, 2.45) is 5.92 Å². The number of likely N-dealkylation sites (tertiary alicyclic amines) is 1. The molecular weight excluding hydrogens is 309 g/mol. The van der Waals surface area contributed by atoms with Crippen LogP contribution in [0.15, 0.2) is 47.5 Å². The van der Waals surface area contributed by atoms with Gasteiger partial charge in [0.2, 0.25) is 11.7 Å². The Labute approximate surface area is 138 Å². The molecule has 0 saturated carbocycles. The molecule has 0 bridgehead atoms. The van der Waals surface area contributed by atoms with E-state index in [4.69, 9.17) is 4.52 Å². The third-order valence-electron chi connectivity index (χ3n) is 4.13. The second-order valence-electron chi connectivity index (χ2n) is 5.98. The van der Waals surface area contributed by atoms with Gasteiger partial charge in [-0.25, -0.2) is 4.39 Å². The molecule has 0 spiro atoms. The first-order valence-electron chi connectivity index (χ1n) is 7.81. The van der Waals surface area contributed by atoms with E-state index in [0.29, 0.717) is 29.7 Å². The molecule has 0 aromatic carbocycles. The van der Waals surface area contributed by atoms with E-state index < -0.39 is 0 Å². The van der Waals surface area contributed by atoms with Crippen LogP contribution in [0.25, 0.3) is 11.4 Å². The summed E-state index contributed by atoms with van der Waals surface area (Å²) in [6, 6.07) is 5.46. The molecule has 0 amide bonds. The van der Waals surface area contributed by atoms with Gasteiger partial charge in [0, 0.05) is 55.8 Å². The molecule has 24 heavy (non-hydrogen) atoms. The molecule has 1 fully saturated rings. The fraction of sp³-hybridized carbons (Fsp3) is 0.294. The summed E-state index contributed by atoms with van der Waals surface area (Å²) in [7, 11) is 0. The summed E-state index contributed by atoms with van der Waals surface area (Å²) >= 11 is 0. The highest BCUT2D eigenvalue weighted by Gasteiger charge is 2.29. The molecule has 6 nitrogen and oxygen atoms in total. The van der Waals surface area contributed by atoms with Gasteiger partial charge in [-0.15, -0.1) is 0 Å². The average molecular weight is 325 g/mol. The van der Waals surface area contributed by atoms with Gasteiger partial charge in [-0.2, -0.15) is 4.98 Å². The maximum atomic E-state index is 13.6. The molecule has 4 heterocycles. The number of pyridine rings is 2. The molecule has 0 radical (unpaired) electrons. The van der Waals surface area contributed by atoms with Crippen molar-refractivity contribution < 1.29 is 8.91 Å². The Kier molecular flexibility index (Phi) is 4.00. The summed E-state index contributed by atoms with van der Waals surface area (Å²) in [5.74, 6) is 1.40. The molecular formula is C17H16FN5O. The highest BCUT2D eigenvalue weighted by molar-refractivity contribution is 5.51. The van der Waals surface area contributed by atoms with Crippen molar-refractivity contribution in [3.63, 3.8) is 0 Å². The summed E-state index contributed by atoms with van der Waals surface area (Å²) in [6.07, 6.45) is 7.03. The summed E-state index contributed by atoms with van der Waals surface area (Å²) in [6.45, 7) is 2.40. The quantitative estimate of drug-likeness (QED) is 0.717. The molecule has 7 heteroatoms. The number of halogens is 1. The van der Waals surface area contributed by atoms with Crippen LogP contribution in [0.1, 0.15) is 11.5 Å². The van der Waals surface area contributed by atoms with Crippen molar-refractivity contribution in [1.82, 2.24) is 25.0 Å². The third-order valence-corrected chi connectivity index (χ3v) is 4.13. The van der Waals surface area contributed by atoms with Crippen molar-refractivity contribution in [1.29, 1.82) is 0 Å². The van der Waals surface area contributed by atoms with Crippen LogP contribution in [-0.2, 0) is 13.0 Å². The van der Waals surface area contributed by atoms with Crippen LogP contribution in [0, 0.1) is 11.7 Å². The Morgan fingerprint density at radius 1 is 1.17 bits per heavy atom. The third kappa shape index (κ3) is 3.16. The van der Waals surface area contributed by atoms with E-state index in [2.05, 4.69) is 25.0 Å². The molecule has 3 aromatic heterocycles. The first kappa shape index (κ1) is 14.9. The molecule has 1 aliphatic rings. The van der Waals surface area contributed by atoms with E-state index in [1.165, 1.54) is 6.20 Å². The summed E-state index contributed by atoms with van der Waals surface area (Å²) in [5.41, 5.74) is 1.52. The van der Waals surface area contributed by atoms with Crippen molar-refractivity contribution in [2.75, 3.05) is 13.1 Å². The Morgan fingerprint density at radius 3 is 2.83 bits per heavy atom. The molecule has 0 unspecified atom stereocenters. The summed E-state index contributed by atoms with van der Waals surface area (Å²) in [5, 5.41) is 4.00. The predicted octanol–water partition coefficient (Wildman–Crippen LogP) is 2.34. The zero-order valence-electron chi connectivity index (χ0n) is 13.0. The summed E-state index contributed by atoms with van der Waals surface area (Å²) < 4.78 is 18.9. The lowest BCUT2D eigenvalue weighted by Crippen LogP contribution is -2.47. The predicted molar refractivity (Wildman–Crippen MR) is 84.2 cm³/mol. The maximum absolute atomic E-state index is 13.6. The van der Waals surface area contributed by atoms with Gasteiger partial charge in [0.05, 0.1) is 6.20 Å². The van der Waals surface area contributed by atoms with Crippen molar-refractivity contribution >= 4 is 0 Å². The lowest BCUT2D eigenvalue weighted by Gasteiger charge is -2.38.